The van der Waals surface area contributed by atoms with Gasteiger partial charge in [-0.15, -0.1) is 6.42 Å². The Balaban J connectivity index is 1.75. The van der Waals surface area contributed by atoms with Gasteiger partial charge in [0.15, 0.2) is 0 Å². The van der Waals surface area contributed by atoms with Crippen LogP contribution < -0.4 is 4.74 Å². The minimum Gasteiger partial charge on any atom is -0.489 e. The molecule has 112 valence electrons. The minimum absolute atomic E-state index is 0.568. The lowest BCUT2D eigenvalue weighted by Crippen LogP contribution is -1.94. The molecule has 0 aliphatic rings. The maximum Gasteiger partial charge on any atom is 0.119 e. The summed E-state index contributed by atoms with van der Waals surface area (Å²) < 4.78 is 6.79. The lowest BCUT2D eigenvalue weighted by Gasteiger charge is -2.08. The van der Waals surface area contributed by atoms with Gasteiger partial charge in [0.05, 0.1) is 0 Å². The molecule has 0 spiro atoms. The van der Waals surface area contributed by atoms with Crippen LogP contribution in [0.15, 0.2) is 77.3 Å². The first kappa shape index (κ1) is 15.4. The van der Waals surface area contributed by atoms with E-state index in [9.17, 15) is 0 Å². The standard InChI is InChI=1S/C21H15BrO/c1-2-16-12-19(14-20(22)13-16)18-8-10-21(11-9-18)23-15-17-6-4-3-5-7-17/h1,3-14H,15H2. The first-order chi connectivity index (χ1) is 11.2. The van der Waals surface area contributed by atoms with Crippen LogP contribution in [0.3, 0.4) is 0 Å². The van der Waals surface area contributed by atoms with Crippen molar-refractivity contribution >= 4 is 15.9 Å². The quantitative estimate of drug-likeness (QED) is 0.542. The molecule has 0 N–H and O–H groups in total. The highest BCUT2D eigenvalue weighted by atomic mass is 79.9. The molecule has 0 heterocycles. The van der Waals surface area contributed by atoms with Crippen LogP contribution in [0, 0.1) is 12.3 Å². The number of rotatable bonds is 4. The number of hydrogen-bond donors (Lipinski definition) is 0. The van der Waals surface area contributed by atoms with Gasteiger partial charge in [-0.05, 0) is 47.0 Å². The monoisotopic (exact) mass is 362 g/mol. The fourth-order valence-electron chi connectivity index (χ4n) is 2.32. The molecule has 0 amide bonds. The van der Waals surface area contributed by atoms with Crippen molar-refractivity contribution in [2.75, 3.05) is 0 Å². The van der Waals surface area contributed by atoms with Gasteiger partial charge in [0.2, 0.25) is 0 Å². The van der Waals surface area contributed by atoms with Gasteiger partial charge in [0, 0.05) is 10.0 Å². The van der Waals surface area contributed by atoms with Crippen molar-refractivity contribution in [3.8, 4) is 29.2 Å². The van der Waals surface area contributed by atoms with Crippen LogP contribution in [0.2, 0.25) is 0 Å². The van der Waals surface area contributed by atoms with Crippen LogP contribution >= 0.6 is 15.9 Å². The van der Waals surface area contributed by atoms with Gasteiger partial charge in [0.1, 0.15) is 12.4 Å². The van der Waals surface area contributed by atoms with E-state index < -0.39 is 0 Å². The Hall–Kier alpha value is -2.50. The summed E-state index contributed by atoms with van der Waals surface area (Å²) in [6, 6.07) is 24.2. The third-order valence-electron chi connectivity index (χ3n) is 3.50. The third kappa shape index (κ3) is 4.03. The van der Waals surface area contributed by atoms with Gasteiger partial charge >= 0.3 is 0 Å². The molecule has 0 unspecified atom stereocenters. The fraction of sp³-hybridized carbons (Fsp3) is 0.0476. The first-order valence-corrected chi connectivity index (χ1v) is 8.08. The Bertz CT molecular complexity index is 830. The molecule has 3 rings (SSSR count). The van der Waals surface area contributed by atoms with Crippen molar-refractivity contribution in [3.63, 3.8) is 0 Å². The molecule has 0 saturated carbocycles. The fourth-order valence-corrected chi connectivity index (χ4v) is 2.82. The number of benzene rings is 3. The van der Waals surface area contributed by atoms with Gasteiger partial charge in [0.25, 0.3) is 0 Å². The summed E-state index contributed by atoms with van der Waals surface area (Å²) in [5.41, 5.74) is 4.21. The van der Waals surface area contributed by atoms with E-state index in [4.69, 9.17) is 11.2 Å². The smallest absolute Gasteiger partial charge is 0.119 e. The molecule has 2 heteroatoms. The van der Waals surface area contributed by atoms with E-state index in [2.05, 4.69) is 40.0 Å². The Kier molecular flexibility index (Phi) is 4.80. The molecule has 0 bridgehead atoms. The van der Waals surface area contributed by atoms with Gasteiger partial charge in [-0.2, -0.15) is 0 Å². The molecule has 0 aliphatic carbocycles. The average molecular weight is 363 g/mol. The molecular weight excluding hydrogens is 348 g/mol. The van der Waals surface area contributed by atoms with E-state index in [1.807, 2.05) is 54.6 Å². The second-order valence-electron chi connectivity index (χ2n) is 5.17. The summed E-state index contributed by atoms with van der Waals surface area (Å²) >= 11 is 3.50. The summed E-state index contributed by atoms with van der Waals surface area (Å²) in [5.74, 6) is 3.52. The SMILES string of the molecule is C#Cc1cc(Br)cc(-c2ccc(OCc3ccccc3)cc2)c1. The predicted octanol–water partition coefficient (Wildman–Crippen LogP) is 5.68. The summed E-state index contributed by atoms with van der Waals surface area (Å²) in [7, 11) is 0. The van der Waals surface area contributed by atoms with Crippen molar-refractivity contribution < 1.29 is 4.74 Å². The summed E-state index contributed by atoms with van der Waals surface area (Å²) in [6.07, 6.45) is 5.49. The van der Waals surface area contributed by atoms with Gasteiger partial charge in [-0.1, -0.05) is 64.3 Å². The molecule has 0 fully saturated rings. The van der Waals surface area contributed by atoms with E-state index in [-0.39, 0.29) is 0 Å². The second kappa shape index (κ2) is 7.17. The second-order valence-corrected chi connectivity index (χ2v) is 6.09. The third-order valence-corrected chi connectivity index (χ3v) is 3.96. The van der Waals surface area contributed by atoms with Crippen molar-refractivity contribution in [3.05, 3.63) is 88.4 Å². The molecule has 0 radical (unpaired) electrons. The van der Waals surface area contributed by atoms with Crippen LogP contribution in [0.1, 0.15) is 11.1 Å². The van der Waals surface area contributed by atoms with Crippen LogP contribution in [0.5, 0.6) is 5.75 Å². The largest absolute Gasteiger partial charge is 0.489 e. The lowest BCUT2D eigenvalue weighted by atomic mass is 10.0. The molecule has 3 aromatic carbocycles. The zero-order valence-corrected chi connectivity index (χ0v) is 14.1. The Morgan fingerprint density at radius 3 is 2.30 bits per heavy atom. The zero-order valence-electron chi connectivity index (χ0n) is 12.5. The molecule has 0 aromatic heterocycles. The van der Waals surface area contributed by atoms with Crippen LogP contribution in [-0.2, 0) is 6.61 Å². The van der Waals surface area contributed by atoms with Crippen LogP contribution in [0.25, 0.3) is 11.1 Å². The molecular formula is C21H15BrO. The Morgan fingerprint density at radius 1 is 0.870 bits per heavy atom. The van der Waals surface area contributed by atoms with Gasteiger partial charge < -0.3 is 4.74 Å². The van der Waals surface area contributed by atoms with Gasteiger partial charge in [-0.3, -0.25) is 0 Å². The van der Waals surface area contributed by atoms with Gasteiger partial charge in [-0.25, -0.2) is 0 Å². The van der Waals surface area contributed by atoms with E-state index in [0.29, 0.717) is 6.61 Å². The van der Waals surface area contributed by atoms with E-state index in [0.717, 1.165) is 32.5 Å². The van der Waals surface area contributed by atoms with E-state index >= 15 is 0 Å². The highest BCUT2D eigenvalue weighted by Gasteiger charge is 2.02. The van der Waals surface area contributed by atoms with Crippen LogP contribution in [0.4, 0.5) is 0 Å². The molecule has 23 heavy (non-hydrogen) atoms. The average Bonchev–Trinajstić information content (AvgIpc) is 2.60. The summed E-state index contributed by atoms with van der Waals surface area (Å²) in [6.45, 7) is 0.568. The molecule has 0 atom stereocenters. The number of terminal acetylenes is 1. The highest BCUT2D eigenvalue weighted by molar-refractivity contribution is 9.10. The number of halogens is 1. The first-order valence-electron chi connectivity index (χ1n) is 7.29. The zero-order chi connectivity index (χ0) is 16.1. The highest BCUT2D eigenvalue weighted by Crippen LogP contribution is 2.27. The van der Waals surface area contributed by atoms with E-state index in [1.54, 1.807) is 0 Å². The maximum atomic E-state index is 5.81. The Morgan fingerprint density at radius 2 is 1.61 bits per heavy atom. The summed E-state index contributed by atoms with van der Waals surface area (Å²) in [5, 5.41) is 0. The number of hydrogen-bond acceptors (Lipinski definition) is 1. The topological polar surface area (TPSA) is 9.23 Å². The van der Waals surface area contributed by atoms with Crippen LogP contribution in [-0.4, -0.2) is 0 Å². The van der Waals surface area contributed by atoms with Crippen molar-refractivity contribution in [2.24, 2.45) is 0 Å². The summed E-state index contributed by atoms with van der Waals surface area (Å²) in [4.78, 5) is 0. The minimum atomic E-state index is 0.568. The molecule has 1 nitrogen and oxygen atoms in total. The van der Waals surface area contributed by atoms with Crippen molar-refractivity contribution in [2.45, 2.75) is 6.61 Å². The maximum absolute atomic E-state index is 5.81. The van der Waals surface area contributed by atoms with Crippen molar-refractivity contribution in [1.29, 1.82) is 0 Å². The predicted molar refractivity (Wildman–Crippen MR) is 98.3 cm³/mol. The normalized spacial score (nSPS) is 10.1. The molecule has 0 aliphatic heterocycles. The molecule has 0 saturated heterocycles. The Labute approximate surface area is 145 Å². The molecule has 3 aromatic rings. The van der Waals surface area contributed by atoms with Crippen molar-refractivity contribution in [1.82, 2.24) is 0 Å². The van der Waals surface area contributed by atoms with E-state index in [1.165, 1.54) is 0 Å². The lowest BCUT2D eigenvalue weighted by molar-refractivity contribution is 0.306. The number of ether oxygens (including phenoxy) is 1.